The van der Waals surface area contributed by atoms with Crippen LogP contribution in [0.5, 0.6) is 5.75 Å². The third-order valence-corrected chi connectivity index (χ3v) is 7.51. The van der Waals surface area contributed by atoms with Crippen molar-refractivity contribution in [2.45, 2.75) is 25.2 Å². The van der Waals surface area contributed by atoms with E-state index < -0.39 is 10.0 Å². The van der Waals surface area contributed by atoms with Crippen LogP contribution in [0.1, 0.15) is 19.4 Å². The molecule has 8 nitrogen and oxygen atoms in total. The minimum Gasteiger partial charge on any atom is -0.497 e. The zero-order chi connectivity index (χ0) is 23.1. The van der Waals surface area contributed by atoms with Gasteiger partial charge in [0, 0.05) is 26.2 Å². The summed E-state index contributed by atoms with van der Waals surface area (Å²) >= 11 is 0. The molecule has 1 fully saturated rings. The van der Waals surface area contributed by atoms with Crippen molar-refractivity contribution in [2.24, 2.45) is 0 Å². The zero-order valence-corrected chi connectivity index (χ0v) is 19.7. The molecule has 32 heavy (non-hydrogen) atoms. The lowest BCUT2D eigenvalue weighted by molar-refractivity contribution is -0.115. The van der Waals surface area contributed by atoms with Gasteiger partial charge in [-0.15, -0.1) is 0 Å². The number of morpholine rings is 1. The first-order chi connectivity index (χ1) is 15.4. The van der Waals surface area contributed by atoms with Gasteiger partial charge in [0.2, 0.25) is 15.9 Å². The number of anilines is 2. The molecule has 1 aliphatic heterocycles. The minimum atomic E-state index is -3.65. The number of nitrogens with one attached hydrogen (secondary N) is 1. The fourth-order valence-electron chi connectivity index (χ4n) is 3.69. The topological polar surface area (TPSA) is 88.2 Å². The maximum atomic E-state index is 13.0. The second kappa shape index (κ2) is 10.8. The summed E-state index contributed by atoms with van der Waals surface area (Å²) in [6.45, 7) is 6.87. The summed E-state index contributed by atoms with van der Waals surface area (Å²) in [5.41, 5.74) is 2.11. The number of benzene rings is 2. The Hall–Kier alpha value is -2.62. The molecular weight excluding hydrogens is 430 g/mol. The first-order valence-corrected chi connectivity index (χ1v) is 12.2. The second-order valence-corrected chi connectivity index (χ2v) is 9.38. The van der Waals surface area contributed by atoms with Crippen LogP contribution in [0.15, 0.2) is 47.4 Å². The molecule has 0 aliphatic carbocycles. The lowest BCUT2D eigenvalue weighted by Crippen LogP contribution is -2.37. The molecule has 174 valence electrons. The van der Waals surface area contributed by atoms with Gasteiger partial charge in [-0.05, 0) is 35.9 Å². The number of sulfonamides is 1. The maximum absolute atomic E-state index is 13.0. The smallest absolute Gasteiger partial charge is 0.243 e. The van der Waals surface area contributed by atoms with Crippen LogP contribution >= 0.6 is 0 Å². The number of ether oxygens (including phenoxy) is 2. The molecule has 0 spiro atoms. The fraction of sp³-hybridized carbons (Fsp3) is 0.435. The van der Waals surface area contributed by atoms with Gasteiger partial charge in [0.1, 0.15) is 5.75 Å². The van der Waals surface area contributed by atoms with E-state index in [1.54, 1.807) is 51.3 Å². The summed E-state index contributed by atoms with van der Waals surface area (Å²) < 4.78 is 38.1. The summed E-state index contributed by atoms with van der Waals surface area (Å²) in [4.78, 5) is 15.1. The highest BCUT2D eigenvalue weighted by molar-refractivity contribution is 7.89. The molecule has 0 bridgehead atoms. The van der Waals surface area contributed by atoms with E-state index in [2.05, 4.69) is 10.2 Å². The average Bonchev–Trinajstić information content (AvgIpc) is 2.80. The number of carbonyl (C=O) groups is 1. The summed E-state index contributed by atoms with van der Waals surface area (Å²) in [5, 5.41) is 2.94. The van der Waals surface area contributed by atoms with Crippen LogP contribution in [0, 0.1) is 0 Å². The molecule has 0 radical (unpaired) electrons. The number of amides is 1. The van der Waals surface area contributed by atoms with Gasteiger partial charge in [0.25, 0.3) is 0 Å². The first-order valence-electron chi connectivity index (χ1n) is 10.8. The van der Waals surface area contributed by atoms with E-state index in [0.29, 0.717) is 45.1 Å². The minimum absolute atomic E-state index is 0.165. The Labute approximate surface area is 190 Å². The maximum Gasteiger partial charge on any atom is 0.243 e. The van der Waals surface area contributed by atoms with Gasteiger partial charge in [-0.3, -0.25) is 4.79 Å². The highest BCUT2D eigenvalue weighted by Crippen LogP contribution is 2.31. The molecular formula is C23H31N3O5S. The molecule has 1 N–H and O–H groups in total. The summed E-state index contributed by atoms with van der Waals surface area (Å²) in [6, 6.07) is 12.2. The van der Waals surface area contributed by atoms with Crippen LogP contribution in [0.4, 0.5) is 11.4 Å². The molecule has 2 aromatic carbocycles. The van der Waals surface area contributed by atoms with Crippen molar-refractivity contribution >= 4 is 27.3 Å². The van der Waals surface area contributed by atoms with Crippen molar-refractivity contribution in [3.63, 3.8) is 0 Å². The first kappa shape index (κ1) is 24.0. The molecule has 0 aromatic heterocycles. The Kier molecular flexibility index (Phi) is 8.11. The van der Waals surface area contributed by atoms with Gasteiger partial charge in [-0.1, -0.05) is 26.0 Å². The number of hydrogen-bond donors (Lipinski definition) is 1. The van der Waals surface area contributed by atoms with E-state index in [9.17, 15) is 13.2 Å². The Morgan fingerprint density at radius 1 is 1.09 bits per heavy atom. The molecule has 3 rings (SSSR count). The highest BCUT2D eigenvalue weighted by atomic mass is 32.2. The monoisotopic (exact) mass is 461 g/mol. The van der Waals surface area contributed by atoms with Crippen LogP contribution in [-0.2, 0) is 26.0 Å². The molecule has 0 atom stereocenters. The van der Waals surface area contributed by atoms with Crippen molar-refractivity contribution in [3.8, 4) is 5.75 Å². The molecule has 1 heterocycles. The lowest BCUT2D eigenvalue weighted by atomic mass is 10.1. The normalized spacial score (nSPS) is 14.4. The summed E-state index contributed by atoms with van der Waals surface area (Å²) in [6.07, 6.45) is 0.166. The molecule has 1 amide bonds. The number of nitrogens with zero attached hydrogens (tertiary/aromatic N) is 2. The Bertz CT molecular complexity index is 1010. The second-order valence-electron chi connectivity index (χ2n) is 7.44. The van der Waals surface area contributed by atoms with Gasteiger partial charge >= 0.3 is 0 Å². The molecule has 1 aliphatic rings. The van der Waals surface area contributed by atoms with Gasteiger partial charge < -0.3 is 19.7 Å². The molecule has 0 saturated carbocycles. The van der Waals surface area contributed by atoms with Crippen LogP contribution in [-0.4, -0.2) is 65.1 Å². The van der Waals surface area contributed by atoms with Crippen LogP contribution in [0.25, 0.3) is 0 Å². The molecule has 1 saturated heterocycles. The highest BCUT2D eigenvalue weighted by Gasteiger charge is 2.24. The Balaban J connectivity index is 1.89. The number of rotatable bonds is 9. The molecule has 2 aromatic rings. The lowest BCUT2D eigenvalue weighted by Gasteiger charge is -2.31. The van der Waals surface area contributed by atoms with Crippen molar-refractivity contribution in [1.29, 1.82) is 0 Å². The average molecular weight is 462 g/mol. The van der Waals surface area contributed by atoms with Gasteiger partial charge in [0.05, 0.1) is 43.0 Å². The third-order valence-electron chi connectivity index (χ3n) is 5.46. The van der Waals surface area contributed by atoms with Crippen LogP contribution in [0.2, 0.25) is 0 Å². The van der Waals surface area contributed by atoms with Crippen LogP contribution in [0.3, 0.4) is 0 Å². The summed E-state index contributed by atoms with van der Waals surface area (Å²) in [7, 11) is -2.06. The van der Waals surface area contributed by atoms with E-state index in [1.165, 1.54) is 4.31 Å². The predicted octanol–water partition coefficient (Wildman–Crippen LogP) is 2.74. The van der Waals surface area contributed by atoms with Gasteiger partial charge in [0.15, 0.2) is 0 Å². The van der Waals surface area contributed by atoms with Gasteiger partial charge in [-0.25, -0.2) is 8.42 Å². The van der Waals surface area contributed by atoms with Crippen molar-refractivity contribution in [1.82, 2.24) is 4.31 Å². The van der Waals surface area contributed by atoms with E-state index in [4.69, 9.17) is 9.47 Å². The Morgan fingerprint density at radius 2 is 1.75 bits per heavy atom. The SMILES string of the molecule is CCN(CC)S(=O)(=O)c1ccc(N2CCOCC2)c(NC(=O)Cc2ccc(OC)cc2)c1. The van der Waals surface area contributed by atoms with Crippen molar-refractivity contribution < 1.29 is 22.7 Å². The zero-order valence-electron chi connectivity index (χ0n) is 18.8. The van der Waals surface area contributed by atoms with E-state index in [-0.39, 0.29) is 17.2 Å². The predicted molar refractivity (Wildman–Crippen MR) is 125 cm³/mol. The third kappa shape index (κ3) is 5.59. The quantitative estimate of drug-likeness (QED) is 0.618. The van der Waals surface area contributed by atoms with Crippen molar-refractivity contribution in [3.05, 3.63) is 48.0 Å². The molecule has 9 heteroatoms. The number of hydrogen-bond acceptors (Lipinski definition) is 6. The largest absolute Gasteiger partial charge is 0.497 e. The summed E-state index contributed by atoms with van der Waals surface area (Å²) in [5.74, 6) is 0.500. The van der Waals surface area contributed by atoms with E-state index in [0.717, 1.165) is 17.0 Å². The standard InChI is InChI=1S/C23H31N3O5S/c1-4-26(5-2)32(28,29)20-10-11-22(25-12-14-31-15-13-25)21(17-20)24-23(27)16-18-6-8-19(30-3)9-7-18/h6-11,17H,4-5,12-16H2,1-3H3,(H,24,27). The number of methoxy groups -OCH3 is 1. The Morgan fingerprint density at radius 3 is 2.34 bits per heavy atom. The fourth-order valence-corrected chi connectivity index (χ4v) is 5.18. The van der Waals surface area contributed by atoms with Crippen molar-refractivity contribution in [2.75, 3.05) is 56.7 Å². The van der Waals surface area contributed by atoms with E-state index in [1.807, 2.05) is 12.1 Å². The van der Waals surface area contributed by atoms with Gasteiger partial charge in [-0.2, -0.15) is 4.31 Å². The van der Waals surface area contributed by atoms with Crippen LogP contribution < -0.4 is 15.0 Å². The number of carbonyl (C=O) groups excluding carboxylic acids is 1. The molecule has 0 unspecified atom stereocenters. The van der Waals surface area contributed by atoms with E-state index >= 15 is 0 Å².